The number of nitrogens with one attached hydrogen (secondary N) is 1. The zero-order chi connectivity index (χ0) is 22.1. The third-order valence-corrected chi connectivity index (χ3v) is 5.52. The van der Waals surface area contributed by atoms with Crippen molar-refractivity contribution in [3.05, 3.63) is 63.6 Å². The molecule has 0 radical (unpaired) electrons. The Morgan fingerprint density at radius 3 is 2.53 bits per heavy atom. The molecule has 0 aromatic heterocycles. The molecule has 0 spiro atoms. The third kappa shape index (κ3) is 6.92. The minimum Gasteiger partial charge on any atom is -0.484 e. The van der Waals surface area contributed by atoms with E-state index in [9.17, 15) is 9.59 Å². The van der Waals surface area contributed by atoms with Crippen LogP contribution in [-0.2, 0) is 16.1 Å². The van der Waals surface area contributed by atoms with Crippen LogP contribution in [0.25, 0.3) is 0 Å². The fourth-order valence-corrected chi connectivity index (χ4v) is 3.21. The lowest BCUT2D eigenvalue weighted by Gasteiger charge is -2.29. The Kier molecular flexibility index (Phi) is 9.47. The Balaban J connectivity index is 2.15. The van der Waals surface area contributed by atoms with Crippen molar-refractivity contribution >= 4 is 35.0 Å². The summed E-state index contributed by atoms with van der Waals surface area (Å²) >= 11 is 12.1. The van der Waals surface area contributed by atoms with Gasteiger partial charge in [0.1, 0.15) is 11.8 Å². The highest BCUT2D eigenvalue weighted by molar-refractivity contribution is 6.42. The molecule has 30 heavy (non-hydrogen) atoms. The zero-order valence-electron chi connectivity index (χ0n) is 17.6. The molecule has 0 saturated heterocycles. The molecular formula is C23H28Cl2N2O3. The highest BCUT2D eigenvalue weighted by Gasteiger charge is 2.26. The van der Waals surface area contributed by atoms with Crippen molar-refractivity contribution in [2.45, 2.75) is 46.2 Å². The fourth-order valence-electron chi connectivity index (χ4n) is 2.89. The highest BCUT2D eigenvalue weighted by atomic mass is 35.5. The molecule has 0 fully saturated rings. The lowest BCUT2D eigenvalue weighted by atomic mass is 10.1. The number of halogens is 2. The van der Waals surface area contributed by atoms with Gasteiger partial charge in [0.05, 0.1) is 10.0 Å². The third-order valence-electron chi connectivity index (χ3n) is 4.78. The van der Waals surface area contributed by atoms with Crippen LogP contribution in [0.1, 0.15) is 37.8 Å². The van der Waals surface area contributed by atoms with Gasteiger partial charge in [-0.05, 0) is 49.6 Å². The number of unbranched alkanes of at least 4 members (excludes halogenated alkanes) is 1. The summed E-state index contributed by atoms with van der Waals surface area (Å²) < 4.78 is 5.72. The number of hydrogen-bond donors (Lipinski definition) is 1. The van der Waals surface area contributed by atoms with Crippen LogP contribution in [0.15, 0.2) is 42.5 Å². The predicted molar refractivity (Wildman–Crippen MR) is 121 cm³/mol. The minimum absolute atomic E-state index is 0.168. The van der Waals surface area contributed by atoms with E-state index in [4.69, 9.17) is 27.9 Å². The number of ether oxygens (including phenoxy) is 1. The summed E-state index contributed by atoms with van der Waals surface area (Å²) in [5.41, 5.74) is 1.72. The number of rotatable bonds is 10. The van der Waals surface area contributed by atoms with E-state index >= 15 is 0 Å². The Hall–Kier alpha value is -2.24. The number of carbonyl (C=O) groups is 2. The quantitative estimate of drug-likeness (QED) is 0.517. The highest BCUT2D eigenvalue weighted by Crippen LogP contribution is 2.24. The van der Waals surface area contributed by atoms with Crippen LogP contribution in [0.3, 0.4) is 0 Å². The van der Waals surface area contributed by atoms with Gasteiger partial charge in [0, 0.05) is 13.1 Å². The van der Waals surface area contributed by atoms with Gasteiger partial charge < -0.3 is 15.0 Å². The summed E-state index contributed by atoms with van der Waals surface area (Å²) in [6.07, 6.45) is 1.86. The number of nitrogens with zero attached hydrogens (tertiary/aromatic N) is 1. The van der Waals surface area contributed by atoms with E-state index in [0.29, 0.717) is 22.3 Å². The summed E-state index contributed by atoms with van der Waals surface area (Å²) in [5, 5.41) is 3.72. The molecule has 0 heterocycles. The molecule has 2 amide bonds. The van der Waals surface area contributed by atoms with Gasteiger partial charge in [-0.1, -0.05) is 60.8 Å². The molecule has 7 heteroatoms. The SMILES string of the molecule is CCCCNC(=O)[C@@H](C)N(Cc1ccc(Cl)c(Cl)c1)C(=O)COc1ccccc1C. The Bertz CT molecular complexity index is 873. The van der Waals surface area contributed by atoms with Gasteiger partial charge in [-0.3, -0.25) is 9.59 Å². The maximum Gasteiger partial charge on any atom is 0.261 e. The second-order valence-electron chi connectivity index (χ2n) is 7.14. The van der Waals surface area contributed by atoms with Gasteiger partial charge in [0.2, 0.25) is 5.91 Å². The van der Waals surface area contributed by atoms with E-state index < -0.39 is 6.04 Å². The molecule has 2 rings (SSSR count). The van der Waals surface area contributed by atoms with Crippen molar-refractivity contribution in [2.24, 2.45) is 0 Å². The molecule has 0 aliphatic carbocycles. The van der Waals surface area contributed by atoms with Gasteiger partial charge in [-0.2, -0.15) is 0 Å². The molecule has 2 aromatic carbocycles. The normalized spacial score (nSPS) is 11.6. The maximum atomic E-state index is 13.0. The second kappa shape index (κ2) is 11.8. The first-order valence-corrected chi connectivity index (χ1v) is 10.8. The first-order valence-electron chi connectivity index (χ1n) is 10.0. The van der Waals surface area contributed by atoms with E-state index in [1.54, 1.807) is 25.1 Å². The Labute approximate surface area is 188 Å². The van der Waals surface area contributed by atoms with Crippen molar-refractivity contribution in [1.29, 1.82) is 0 Å². The topological polar surface area (TPSA) is 58.6 Å². The molecule has 0 aliphatic heterocycles. The molecule has 162 valence electrons. The zero-order valence-corrected chi connectivity index (χ0v) is 19.1. The van der Waals surface area contributed by atoms with Crippen LogP contribution in [0.4, 0.5) is 0 Å². The van der Waals surface area contributed by atoms with Crippen LogP contribution in [0.2, 0.25) is 10.0 Å². The summed E-state index contributed by atoms with van der Waals surface area (Å²) in [6.45, 7) is 6.31. The lowest BCUT2D eigenvalue weighted by molar-refractivity contribution is -0.142. The standard InChI is InChI=1S/C23H28Cl2N2O3/c1-4-5-12-26-23(29)17(3)27(14-18-10-11-19(24)20(25)13-18)22(28)15-30-21-9-7-6-8-16(21)2/h6-11,13,17H,4-5,12,14-15H2,1-3H3,(H,26,29)/t17-/m1/s1. The summed E-state index contributed by atoms with van der Waals surface area (Å²) in [4.78, 5) is 27.1. The smallest absolute Gasteiger partial charge is 0.261 e. The first-order chi connectivity index (χ1) is 14.3. The second-order valence-corrected chi connectivity index (χ2v) is 7.96. The number of hydrogen-bond acceptors (Lipinski definition) is 3. The van der Waals surface area contributed by atoms with Crippen LogP contribution >= 0.6 is 23.2 Å². The number of aryl methyl sites for hydroxylation is 1. The van der Waals surface area contributed by atoms with Crippen LogP contribution < -0.4 is 10.1 Å². The average molecular weight is 451 g/mol. The number of amides is 2. The van der Waals surface area contributed by atoms with Crippen LogP contribution in [0, 0.1) is 6.92 Å². The molecule has 1 atom stereocenters. The maximum absolute atomic E-state index is 13.0. The van der Waals surface area contributed by atoms with E-state index in [1.807, 2.05) is 31.2 Å². The molecular weight excluding hydrogens is 423 g/mol. The van der Waals surface area contributed by atoms with E-state index in [0.717, 1.165) is 24.0 Å². The molecule has 2 aromatic rings. The van der Waals surface area contributed by atoms with E-state index in [2.05, 4.69) is 12.2 Å². The van der Waals surface area contributed by atoms with Gasteiger partial charge in [0.25, 0.3) is 5.91 Å². The number of carbonyl (C=O) groups excluding carboxylic acids is 2. The summed E-state index contributed by atoms with van der Waals surface area (Å²) in [7, 11) is 0. The van der Waals surface area contributed by atoms with E-state index in [-0.39, 0.29) is 25.0 Å². The van der Waals surface area contributed by atoms with Crippen molar-refractivity contribution in [1.82, 2.24) is 10.2 Å². The fraction of sp³-hybridized carbons (Fsp3) is 0.391. The summed E-state index contributed by atoms with van der Waals surface area (Å²) in [6, 6.07) is 12.0. The van der Waals surface area contributed by atoms with Crippen LogP contribution in [-0.4, -0.2) is 35.9 Å². The first kappa shape index (κ1) is 24.0. The van der Waals surface area contributed by atoms with Crippen LogP contribution in [0.5, 0.6) is 5.75 Å². The molecule has 0 aliphatic rings. The van der Waals surface area contributed by atoms with Gasteiger partial charge in [-0.25, -0.2) is 0 Å². The largest absolute Gasteiger partial charge is 0.484 e. The lowest BCUT2D eigenvalue weighted by Crippen LogP contribution is -2.49. The average Bonchev–Trinajstić information content (AvgIpc) is 2.73. The minimum atomic E-state index is -0.663. The van der Waals surface area contributed by atoms with E-state index in [1.165, 1.54) is 4.90 Å². The van der Waals surface area contributed by atoms with Gasteiger partial charge >= 0.3 is 0 Å². The number of benzene rings is 2. The molecule has 0 saturated carbocycles. The predicted octanol–water partition coefficient (Wildman–Crippen LogP) is 5.01. The van der Waals surface area contributed by atoms with Gasteiger partial charge in [-0.15, -0.1) is 0 Å². The molecule has 0 bridgehead atoms. The molecule has 1 N–H and O–H groups in total. The molecule has 5 nitrogen and oxygen atoms in total. The summed E-state index contributed by atoms with van der Waals surface area (Å²) in [5.74, 6) is 0.149. The Morgan fingerprint density at radius 1 is 1.13 bits per heavy atom. The van der Waals surface area contributed by atoms with Gasteiger partial charge in [0.15, 0.2) is 6.61 Å². The van der Waals surface area contributed by atoms with Crippen molar-refractivity contribution < 1.29 is 14.3 Å². The number of para-hydroxylation sites is 1. The van der Waals surface area contributed by atoms with Crippen molar-refractivity contribution in [3.8, 4) is 5.75 Å². The monoisotopic (exact) mass is 450 g/mol. The van der Waals surface area contributed by atoms with Crippen molar-refractivity contribution in [2.75, 3.05) is 13.2 Å². The van der Waals surface area contributed by atoms with Crippen molar-refractivity contribution in [3.63, 3.8) is 0 Å². The Morgan fingerprint density at radius 2 is 1.87 bits per heavy atom. The molecule has 0 unspecified atom stereocenters.